The molecule has 0 spiro atoms. The summed E-state index contributed by atoms with van der Waals surface area (Å²) in [4.78, 5) is 17.9. The average Bonchev–Trinajstić information content (AvgIpc) is 3.41. The summed E-state index contributed by atoms with van der Waals surface area (Å²) in [6, 6.07) is 11.8. The van der Waals surface area contributed by atoms with Gasteiger partial charge < -0.3 is 0 Å². The summed E-state index contributed by atoms with van der Waals surface area (Å²) in [6.07, 6.45) is 4.14. The fourth-order valence-electron chi connectivity index (χ4n) is 2.84. The minimum absolute atomic E-state index is 0.0352. The van der Waals surface area contributed by atoms with Crippen molar-refractivity contribution in [2.75, 3.05) is 5.32 Å². The van der Waals surface area contributed by atoms with E-state index >= 15 is 0 Å². The van der Waals surface area contributed by atoms with Crippen LogP contribution in [0, 0.1) is 6.92 Å². The number of thiazole rings is 1. The van der Waals surface area contributed by atoms with Gasteiger partial charge in [0.05, 0.1) is 4.90 Å². The third kappa shape index (κ3) is 5.07. The van der Waals surface area contributed by atoms with E-state index in [1.54, 1.807) is 6.20 Å². The monoisotopic (exact) mass is 461 g/mol. The normalized spacial score (nSPS) is 13.9. The highest BCUT2D eigenvalue weighted by molar-refractivity contribution is 7.89. The van der Waals surface area contributed by atoms with Gasteiger partial charge in [-0.3, -0.25) is 10.1 Å². The van der Waals surface area contributed by atoms with Crippen LogP contribution in [0.25, 0.3) is 0 Å². The van der Waals surface area contributed by atoms with Crippen LogP contribution in [0.5, 0.6) is 0 Å². The molecular formula is C21H20ClN3O3S2. The molecule has 0 saturated heterocycles. The number of benzene rings is 2. The Morgan fingerprint density at radius 2 is 1.93 bits per heavy atom. The molecule has 0 unspecified atom stereocenters. The van der Waals surface area contributed by atoms with Gasteiger partial charge in [-0.25, -0.2) is 18.1 Å². The van der Waals surface area contributed by atoms with E-state index in [-0.39, 0.29) is 16.8 Å². The third-order valence-electron chi connectivity index (χ3n) is 4.71. The molecule has 1 heterocycles. The predicted molar refractivity (Wildman–Crippen MR) is 119 cm³/mol. The average molecular weight is 462 g/mol. The molecule has 1 aromatic heterocycles. The molecule has 30 heavy (non-hydrogen) atoms. The lowest BCUT2D eigenvalue weighted by Crippen LogP contribution is -2.25. The molecule has 0 atom stereocenters. The van der Waals surface area contributed by atoms with Gasteiger partial charge in [-0.1, -0.05) is 23.7 Å². The number of nitrogens with zero attached hydrogens (tertiary/aromatic N) is 1. The van der Waals surface area contributed by atoms with E-state index < -0.39 is 10.0 Å². The van der Waals surface area contributed by atoms with Gasteiger partial charge in [-0.15, -0.1) is 11.3 Å². The lowest BCUT2D eigenvalue weighted by atomic mass is 10.1. The van der Waals surface area contributed by atoms with Crippen LogP contribution in [-0.2, 0) is 16.4 Å². The van der Waals surface area contributed by atoms with Crippen molar-refractivity contribution in [2.45, 2.75) is 37.1 Å². The summed E-state index contributed by atoms with van der Waals surface area (Å²) in [5.74, 6) is -0.339. The Balaban J connectivity index is 1.39. The van der Waals surface area contributed by atoms with E-state index in [2.05, 4.69) is 15.0 Å². The maximum Gasteiger partial charge on any atom is 0.257 e. The van der Waals surface area contributed by atoms with Gasteiger partial charge in [0.15, 0.2) is 5.13 Å². The molecule has 1 amide bonds. The van der Waals surface area contributed by atoms with E-state index in [0.29, 0.717) is 17.1 Å². The van der Waals surface area contributed by atoms with E-state index in [1.807, 2.05) is 25.1 Å². The third-order valence-corrected chi connectivity index (χ3v) is 7.57. The second-order valence-electron chi connectivity index (χ2n) is 7.27. The lowest BCUT2D eigenvalue weighted by Gasteiger charge is -2.06. The van der Waals surface area contributed by atoms with Gasteiger partial charge in [0.2, 0.25) is 10.0 Å². The number of nitrogens with one attached hydrogen (secondary N) is 2. The molecule has 2 N–H and O–H groups in total. The molecule has 0 bridgehead atoms. The molecule has 1 saturated carbocycles. The van der Waals surface area contributed by atoms with Crippen molar-refractivity contribution in [1.29, 1.82) is 0 Å². The number of carbonyl (C=O) groups excluding carboxylic acids is 1. The van der Waals surface area contributed by atoms with Gasteiger partial charge in [-0.2, -0.15) is 0 Å². The highest BCUT2D eigenvalue weighted by Gasteiger charge is 2.28. The molecule has 0 radical (unpaired) electrons. The van der Waals surface area contributed by atoms with Crippen molar-refractivity contribution in [3.8, 4) is 0 Å². The molecule has 1 fully saturated rings. The van der Waals surface area contributed by atoms with E-state index in [4.69, 9.17) is 11.6 Å². The van der Waals surface area contributed by atoms with Crippen LogP contribution in [0.2, 0.25) is 5.02 Å². The maximum absolute atomic E-state index is 12.5. The number of aryl methyl sites for hydroxylation is 1. The fraction of sp³-hybridized carbons (Fsp3) is 0.238. The quantitative estimate of drug-likeness (QED) is 0.546. The molecule has 1 aliphatic carbocycles. The zero-order valence-electron chi connectivity index (χ0n) is 16.2. The summed E-state index contributed by atoms with van der Waals surface area (Å²) < 4.78 is 27.1. The Bertz CT molecular complexity index is 1190. The second kappa shape index (κ2) is 8.47. The van der Waals surface area contributed by atoms with E-state index in [1.165, 1.54) is 35.6 Å². The van der Waals surface area contributed by atoms with Crippen molar-refractivity contribution >= 4 is 44.0 Å². The van der Waals surface area contributed by atoms with E-state index in [9.17, 15) is 13.2 Å². The Labute approximate surface area is 184 Å². The first-order valence-electron chi connectivity index (χ1n) is 9.44. The van der Waals surface area contributed by atoms with Crippen LogP contribution >= 0.6 is 22.9 Å². The molecule has 6 nitrogen and oxygen atoms in total. The first kappa shape index (κ1) is 21.0. The maximum atomic E-state index is 12.5. The van der Waals surface area contributed by atoms with Crippen molar-refractivity contribution in [3.63, 3.8) is 0 Å². The SMILES string of the molecule is Cc1ccc(Cc2cnc(NC(=O)c3ccc(S(=O)(=O)NC4CC4)cc3)s2)cc1Cl. The standard InChI is InChI=1S/C21H20ClN3O3S2/c1-13-2-3-14(11-19(13)22)10-17-12-23-21(29-17)24-20(26)15-4-8-18(9-5-15)30(27,28)25-16-6-7-16/h2-5,8-9,11-12,16,25H,6-7,10H2,1H3,(H,23,24,26). The van der Waals surface area contributed by atoms with Gasteiger partial charge in [0.25, 0.3) is 5.91 Å². The molecule has 0 aliphatic heterocycles. The van der Waals surface area contributed by atoms with Crippen molar-refractivity contribution in [2.24, 2.45) is 0 Å². The predicted octanol–water partition coefficient (Wildman–Crippen LogP) is 4.39. The van der Waals surface area contributed by atoms with Crippen molar-refractivity contribution < 1.29 is 13.2 Å². The molecule has 4 rings (SSSR count). The summed E-state index contributed by atoms with van der Waals surface area (Å²) in [6.45, 7) is 1.96. The van der Waals surface area contributed by atoms with Crippen molar-refractivity contribution in [1.82, 2.24) is 9.71 Å². The highest BCUT2D eigenvalue weighted by atomic mass is 35.5. The number of carbonyl (C=O) groups is 1. The zero-order valence-corrected chi connectivity index (χ0v) is 18.6. The first-order valence-corrected chi connectivity index (χ1v) is 12.1. The number of halogens is 1. The Morgan fingerprint density at radius 1 is 1.20 bits per heavy atom. The van der Waals surface area contributed by atoms with Crippen LogP contribution in [0.15, 0.2) is 53.6 Å². The number of rotatable bonds is 7. The summed E-state index contributed by atoms with van der Waals surface area (Å²) in [5.41, 5.74) is 2.46. The number of aromatic nitrogens is 1. The molecule has 9 heteroatoms. The number of hydrogen-bond acceptors (Lipinski definition) is 5. The van der Waals surface area contributed by atoms with E-state index in [0.717, 1.165) is 33.9 Å². The smallest absolute Gasteiger partial charge is 0.257 e. The Hall–Kier alpha value is -2.26. The molecule has 2 aromatic carbocycles. The number of hydrogen-bond donors (Lipinski definition) is 2. The highest BCUT2D eigenvalue weighted by Crippen LogP contribution is 2.25. The Kier molecular flexibility index (Phi) is 5.92. The number of amides is 1. The van der Waals surface area contributed by atoms with Crippen LogP contribution in [0.3, 0.4) is 0 Å². The summed E-state index contributed by atoms with van der Waals surface area (Å²) in [5, 5.41) is 3.97. The fourth-order valence-corrected chi connectivity index (χ4v) is 5.19. The minimum Gasteiger partial charge on any atom is -0.298 e. The lowest BCUT2D eigenvalue weighted by molar-refractivity contribution is 0.102. The van der Waals surface area contributed by atoms with Gasteiger partial charge in [0, 0.05) is 34.1 Å². The number of sulfonamides is 1. The van der Waals surface area contributed by atoms with Gasteiger partial charge >= 0.3 is 0 Å². The molecular weight excluding hydrogens is 442 g/mol. The van der Waals surface area contributed by atoms with Crippen LogP contribution < -0.4 is 10.0 Å². The first-order chi connectivity index (χ1) is 14.3. The van der Waals surface area contributed by atoms with Crippen molar-refractivity contribution in [3.05, 3.63) is 75.3 Å². The molecule has 156 valence electrons. The zero-order chi connectivity index (χ0) is 21.3. The minimum atomic E-state index is -3.53. The van der Waals surface area contributed by atoms with Crippen LogP contribution in [0.1, 0.15) is 39.2 Å². The van der Waals surface area contributed by atoms with Crippen LogP contribution in [-0.4, -0.2) is 25.4 Å². The Morgan fingerprint density at radius 3 is 2.60 bits per heavy atom. The topological polar surface area (TPSA) is 88.2 Å². The number of anilines is 1. The summed E-state index contributed by atoms with van der Waals surface area (Å²) in [7, 11) is -3.53. The largest absolute Gasteiger partial charge is 0.298 e. The summed E-state index contributed by atoms with van der Waals surface area (Å²) >= 11 is 7.57. The van der Waals surface area contributed by atoms with Gasteiger partial charge in [-0.05, 0) is 61.2 Å². The second-order valence-corrected chi connectivity index (χ2v) is 10.5. The van der Waals surface area contributed by atoms with Gasteiger partial charge in [0.1, 0.15) is 0 Å². The molecule has 3 aromatic rings. The molecule has 1 aliphatic rings. The van der Waals surface area contributed by atoms with Crippen LogP contribution in [0.4, 0.5) is 5.13 Å².